The molecule has 0 spiro atoms. The van der Waals surface area contributed by atoms with Gasteiger partial charge >= 0.3 is 17.1 Å². The first-order valence-electron chi connectivity index (χ1n) is 22.5. The molecular weight excluding hydrogens is 1190 g/mol. The van der Waals surface area contributed by atoms with Gasteiger partial charge in [-0.3, -0.25) is 0 Å². The summed E-state index contributed by atoms with van der Waals surface area (Å²) >= 11 is 51.6. The summed E-state index contributed by atoms with van der Waals surface area (Å²) in [5.74, 6) is -2.62. The monoisotopic (exact) mass is 1230 g/mol. The molecule has 0 amide bonds. The van der Waals surface area contributed by atoms with Gasteiger partial charge in [-0.15, -0.1) is 68.5 Å². The molecule has 9 rings (SSSR count). The van der Waals surface area contributed by atoms with E-state index in [9.17, 15) is 0 Å². The molecular formula is C55H45Cl8F4FeN4SSi. The third-order valence-corrected chi connectivity index (χ3v) is 23.1. The van der Waals surface area contributed by atoms with Crippen LogP contribution in [0.3, 0.4) is 0 Å². The molecule has 0 aliphatic carbocycles. The van der Waals surface area contributed by atoms with Gasteiger partial charge in [0.15, 0.2) is 11.6 Å². The Morgan fingerprint density at radius 2 is 0.676 bits per heavy atom. The normalized spacial score (nSPS) is 11.3. The van der Waals surface area contributed by atoms with Crippen LogP contribution in [0.15, 0.2) is 121 Å². The van der Waals surface area contributed by atoms with E-state index < -0.39 is 30.5 Å². The third kappa shape index (κ3) is 13.1. The Morgan fingerprint density at radius 3 is 0.973 bits per heavy atom. The molecule has 0 unspecified atom stereocenters. The van der Waals surface area contributed by atoms with Gasteiger partial charge in [0, 0.05) is 46.5 Å². The molecule has 0 saturated carbocycles. The van der Waals surface area contributed by atoms with Gasteiger partial charge in [-0.2, -0.15) is 8.78 Å². The summed E-state index contributed by atoms with van der Waals surface area (Å²) in [5.41, 5.74) is 4.84. The summed E-state index contributed by atoms with van der Waals surface area (Å²) in [4.78, 5) is 19.7. The fraction of sp³-hybridized carbons (Fsp3) is 0.200. The second-order valence-corrected chi connectivity index (χ2v) is 27.8. The van der Waals surface area contributed by atoms with Crippen molar-refractivity contribution < 1.29 is 34.6 Å². The van der Waals surface area contributed by atoms with Gasteiger partial charge in [0.1, 0.15) is 32.8 Å². The van der Waals surface area contributed by atoms with E-state index in [1.165, 1.54) is 72.8 Å². The van der Waals surface area contributed by atoms with E-state index in [-0.39, 0.29) is 136 Å². The van der Waals surface area contributed by atoms with E-state index in [0.717, 1.165) is 16.6 Å². The van der Waals surface area contributed by atoms with E-state index in [4.69, 9.17) is 125 Å². The summed E-state index contributed by atoms with van der Waals surface area (Å²) in [5, 5.41) is 0.688. The van der Waals surface area contributed by atoms with Crippen molar-refractivity contribution in [2.24, 2.45) is 0 Å². The molecule has 0 saturated heterocycles. The van der Waals surface area contributed by atoms with Crippen molar-refractivity contribution in [3.8, 4) is 44.5 Å². The van der Waals surface area contributed by atoms with Crippen LogP contribution in [0.4, 0.5) is 17.6 Å². The van der Waals surface area contributed by atoms with Crippen LogP contribution in [0.25, 0.3) is 88.6 Å². The Kier molecular flexibility index (Phi) is 22.6. The van der Waals surface area contributed by atoms with Gasteiger partial charge in [-0.05, 0) is 118 Å². The second kappa shape index (κ2) is 27.3. The number of rotatable bonds is 7. The molecule has 0 atom stereocenters. The van der Waals surface area contributed by atoms with E-state index in [1.54, 1.807) is 48.5 Å². The molecule has 5 aromatic heterocycles. The molecule has 5 heterocycles. The average molecular weight is 1240 g/mol. The smallest absolute Gasteiger partial charge is 0.795 e. The molecule has 19 heteroatoms. The number of hydrogen-bond acceptors (Lipinski definition) is 1. The molecule has 74 heavy (non-hydrogen) atoms. The van der Waals surface area contributed by atoms with Gasteiger partial charge in [0.05, 0.1) is 20.7 Å². The summed E-state index contributed by atoms with van der Waals surface area (Å²) in [6.45, 7) is 13.7. The first-order chi connectivity index (χ1) is 34.7. The zero-order valence-corrected chi connectivity index (χ0v) is 49.2. The fourth-order valence-corrected chi connectivity index (χ4v) is 14.1. The minimum absolute atomic E-state index is 0. The van der Waals surface area contributed by atoms with Crippen molar-refractivity contribution in [1.82, 2.24) is 19.9 Å². The maximum Gasteiger partial charge on any atom is 3.00 e. The number of nitrogens with zero attached hydrogens (tertiary/aromatic N) is 4. The molecule has 0 fully saturated rings. The van der Waals surface area contributed by atoms with Crippen molar-refractivity contribution in [2.75, 3.05) is 10.7 Å². The van der Waals surface area contributed by atoms with Gasteiger partial charge in [0.25, 0.3) is 0 Å². The Morgan fingerprint density at radius 1 is 0.405 bits per heavy atom. The fourth-order valence-electron chi connectivity index (χ4n) is 9.06. The molecule has 0 aliphatic rings. The molecule has 1 radical (unpaired) electrons. The van der Waals surface area contributed by atoms with Crippen LogP contribution in [-0.2, 0) is 29.1 Å². The van der Waals surface area contributed by atoms with Crippen LogP contribution in [0.2, 0.25) is 36.7 Å². The predicted octanol–water partition coefficient (Wildman–Crippen LogP) is 20.2. The Labute approximate surface area is 484 Å². The third-order valence-electron chi connectivity index (χ3n) is 12.2. The van der Waals surface area contributed by atoms with Crippen molar-refractivity contribution in [3.63, 3.8) is 0 Å². The SMILES string of the molecule is CC(C)[Si]([S-])(C(C)C)C(C)C.ClCCl.ClCCl.Fc1cccc(Cl)c1-c1c2ccc([n-]2)c(-c2c(F)cccc2Cl)c2ccc([n-]2)[c+](-c2c(F)cccc2Cl)c2ccc([n-]2)[c+](-c2c(F)cccc2Cl)c2ccc1[n-]2.[Fe+3]. The van der Waals surface area contributed by atoms with Crippen molar-refractivity contribution >= 4 is 156 Å². The van der Waals surface area contributed by atoms with E-state index in [2.05, 4.69) is 41.5 Å². The van der Waals surface area contributed by atoms with Gasteiger partial charge in [-0.25, -0.2) is 8.78 Å². The Balaban J connectivity index is 0.000000490. The molecule has 387 valence electrons. The van der Waals surface area contributed by atoms with Gasteiger partial charge < -0.3 is 32.0 Å². The first kappa shape index (κ1) is 61.5. The number of halogens is 12. The zero-order chi connectivity index (χ0) is 53.5. The average Bonchev–Trinajstić information content (AvgIpc) is 4.18. The van der Waals surface area contributed by atoms with Crippen LogP contribution in [0, 0.1) is 23.3 Å². The van der Waals surface area contributed by atoms with Crippen LogP contribution in [0.1, 0.15) is 41.5 Å². The quantitative estimate of drug-likeness (QED) is 0.0523. The largest absolute Gasteiger partial charge is 3.00 e. The van der Waals surface area contributed by atoms with Crippen molar-refractivity contribution in [3.05, 3.63) is 165 Å². The molecule has 0 N–H and O–H groups in total. The predicted molar refractivity (Wildman–Crippen MR) is 309 cm³/mol. The van der Waals surface area contributed by atoms with Crippen LogP contribution < -0.4 is 19.9 Å². The van der Waals surface area contributed by atoms with Gasteiger partial charge in [-0.1, -0.05) is 124 Å². The molecule has 8 bridgehead atoms. The number of fused-ring (bicyclic) bond motifs is 8. The Hall–Kier alpha value is -3.39. The Bertz CT molecular complexity index is 2880. The maximum absolute atomic E-state index is 15.9. The second-order valence-electron chi connectivity index (χ2n) is 17.3. The van der Waals surface area contributed by atoms with Crippen LogP contribution >= 0.6 is 92.8 Å². The summed E-state index contributed by atoms with van der Waals surface area (Å²) in [6, 6.07) is 30.1. The number of benzene rings is 4. The van der Waals surface area contributed by atoms with E-state index in [0.29, 0.717) is 0 Å². The molecule has 4 aromatic carbocycles. The molecule has 0 aliphatic heterocycles. The topological polar surface area (TPSA) is 56.4 Å². The zero-order valence-electron chi connectivity index (χ0n) is 40.3. The van der Waals surface area contributed by atoms with Crippen molar-refractivity contribution in [1.29, 1.82) is 0 Å². The van der Waals surface area contributed by atoms with E-state index in [1.807, 2.05) is 0 Å². The molecule has 4 nitrogen and oxygen atoms in total. The van der Waals surface area contributed by atoms with Crippen LogP contribution in [-0.4, -0.2) is 17.9 Å². The summed E-state index contributed by atoms with van der Waals surface area (Å²) < 4.78 is 63.6. The minimum atomic E-state index is -1.40. The number of alkyl halides is 4. The van der Waals surface area contributed by atoms with Crippen molar-refractivity contribution in [2.45, 2.75) is 58.2 Å². The van der Waals surface area contributed by atoms with Gasteiger partial charge in [0.2, 0.25) is 0 Å². The standard InChI is InChI=1S/C44H20Cl4F4N4.C9H21SSi.2CH2Cl2.Fe/c45-21-5-1-9-25(49)37(21)41-29-13-15-31(53-29)42(38-22(46)6-2-10-26(38)50)33-17-19-35(55-33)44(40-24(48)8-4-12-28(40)52)36-20-18-34(56-36)43(32-16-14-30(41)54-32)39-23(47)7-3-11-27(39)51;1-7(2)11(10,8(3)4)9(5)6;2*2-1-3;/h1-20H;7-9H,1-6H3;2*1H2;/q-2;-1;;;+3. The summed E-state index contributed by atoms with van der Waals surface area (Å²) in [7, 11) is -1.40. The van der Waals surface area contributed by atoms with E-state index >= 15 is 17.6 Å². The maximum atomic E-state index is 15.9. The number of hydrogen-bond donors (Lipinski definition) is 0. The minimum Gasteiger partial charge on any atom is -0.795 e. The molecule has 9 aromatic rings. The van der Waals surface area contributed by atoms with Crippen LogP contribution in [0.5, 0.6) is 0 Å². The summed E-state index contributed by atoms with van der Waals surface area (Å²) in [6.07, 6.45) is 0. The number of aromatic nitrogens is 4. The first-order valence-corrected chi connectivity index (χ1v) is 29.5.